The maximum Gasteiger partial charge on any atom is 0.307 e. The van der Waals surface area contributed by atoms with E-state index in [1.165, 1.54) is 0 Å². The largest absolute Gasteiger partial charge is 0.481 e. The standard InChI is InChI=1S/C14H15N3O2/c1-8-6-7-15-13-11(8)16-12(17-13)9-4-2-3-5-10(9)14(18)19/h2-3,6-7,9-10H,4-5H2,1H3,(H,18,19)(H,15,16,17)/t9-,10+/m1/s1. The number of nitrogens with zero attached hydrogens (tertiary/aromatic N) is 2. The van der Waals surface area contributed by atoms with Crippen LogP contribution in [0.25, 0.3) is 11.2 Å². The highest BCUT2D eigenvalue weighted by molar-refractivity contribution is 5.75. The molecule has 0 radical (unpaired) electrons. The number of carboxylic acids is 1. The first-order chi connectivity index (χ1) is 9.16. The Bertz CT molecular complexity index is 660. The maximum atomic E-state index is 11.3. The molecule has 2 N–H and O–H groups in total. The van der Waals surface area contributed by atoms with Crippen molar-refractivity contribution in [1.82, 2.24) is 15.0 Å². The lowest BCUT2D eigenvalue weighted by Gasteiger charge is -2.23. The molecule has 98 valence electrons. The molecule has 0 fully saturated rings. The zero-order chi connectivity index (χ0) is 13.4. The summed E-state index contributed by atoms with van der Waals surface area (Å²) in [4.78, 5) is 23.3. The Balaban J connectivity index is 2.05. The number of pyridine rings is 1. The topological polar surface area (TPSA) is 78.9 Å². The van der Waals surface area contributed by atoms with Crippen LogP contribution in [0.1, 0.15) is 30.1 Å². The van der Waals surface area contributed by atoms with Crippen molar-refractivity contribution in [2.24, 2.45) is 5.92 Å². The summed E-state index contributed by atoms with van der Waals surface area (Å²) in [6.45, 7) is 1.99. The van der Waals surface area contributed by atoms with Crippen molar-refractivity contribution in [3.05, 3.63) is 35.8 Å². The molecule has 0 unspecified atom stereocenters. The van der Waals surface area contributed by atoms with Gasteiger partial charge in [-0.3, -0.25) is 4.79 Å². The number of aryl methyl sites for hydroxylation is 1. The highest BCUT2D eigenvalue weighted by Crippen LogP contribution is 2.34. The Morgan fingerprint density at radius 2 is 2.21 bits per heavy atom. The zero-order valence-electron chi connectivity index (χ0n) is 10.6. The predicted molar refractivity (Wildman–Crippen MR) is 70.9 cm³/mol. The maximum absolute atomic E-state index is 11.3. The Labute approximate surface area is 110 Å². The molecule has 3 rings (SSSR count). The lowest BCUT2D eigenvalue weighted by molar-refractivity contribution is -0.142. The van der Waals surface area contributed by atoms with Crippen molar-refractivity contribution < 1.29 is 9.90 Å². The number of hydrogen-bond donors (Lipinski definition) is 2. The van der Waals surface area contributed by atoms with E-state index in [4.69, 9.17) is 0 Å². The van der Waals surface area contributed by atoms with Crippen LogP contribution >= 0.6 is 0 Å². The molecule has 1 aliphatic rings. The van der Waals surface area contributed by atoms with E-state index in [-0.39, 0.29) is 5.92 Å². The fraction of sp³-hybridized carbons (Fsp3) is 0.357. The van der Waals surface area contributed by atoms with E-state index in [1.807, 2.05) is 25.1 Å². The average Bonchev–Trinajstić information content (AvgIpc) is 2.84. The highest BCUT2D eigenvalue weighted by Gasteiger charge is 2.32. The number of fused-ring (bicyclic) bond motifs is 1. The number of rotatable bonds is 2. The van der Waals surface area contributed by atoms with Gasteiger partial charge in [0.05, 0.1) is 11.4 Å². The summed E-state index contributed by atoms with van der Waals surface area (Å²) >= 11 is 0. The number of hydrogen-bond acceptors (Lipinski definition) is 3. The number of carbonyl (C=O) groups is 1. The van der Waals surface area contributed by atoms with Crippen molar-refractivity contribution in [2.75, 3.05) is 0 Å². The third-order valence-electron chi connectivity index (χ3n) is 3.72. The summed E-state index contributed by atoms with van der Waals surface area (Å²) in [5.41, 5.74) is 2.63. The molecule has 0 saturated heterocycles. The molecule has 5 heteroatoms. The van der Waals surface area contributed by atoms with Gasteiger partial charge < -0.3 is 10.1 Å². The molecule has 0 aromatic carbocycles. The number of allylic oxidation sites excluding steroid dienone is 2. The molecule has 2 aromatic heterocycles. The van der Waals surface area contributed by atoms with Crippen molar-refractivity contribution >= 4 is 17.1 Å². The van der Waals surface area contributed by atoms with Crippen LogP contribution in [0.15, 0.2) is 24.4 Å². The number of aliphatic carboxylic acids is 1. The molecule has 2 atom stereocenters. The molecule has 0 saturated carbocycles. The van der Waals surface area contributed by atoms with Gasteiger partial charge in [0.2, 0.25) is 0 Å². The summed E-state index contributed by atoms with van der Waals surface area (Å²) in [5, 5.41) is 9.31. The molecule has 2 aromatic rings. The van der Waals surface area contributed by atoms with Crippen LogP contribution in [0.4, 0.5) is 0 Å². The van der Waals surface area contributed by atoms with E-state index >= 15 is 0 Å². The molecular formula is C14H15N3O2. The van der Waals surface area contributed by atoms with Crippen molar-refractivity contribution in [3.63, 3.8) is 0 Å². The van der Waals surface area contributed by atoms with E-state index in [1.54, 1.807) is 6.20 Å². The minimum absolute atomic E-state index is 0.101. The van der Waals surface area contributed by atoms with Gasteiger partial charge in [0, 0.05) is 12.1 Å². The van der Waals surface area contributed by atoms with Gasteiger partial charge in [-0.2, -0.15) is 0 Å². The molecule has 0 spiro atoms. The SMILES string of the molecule is Cc1ccnc2nc([C@@H]3CC=CC[C@@H]3C(=O)O)[nH]c12. The Morgan fingerprint density at radius 1 is 1.42 bits per heavy atom. The molecule has 2 heterocycles. The van der Waals surface area contributed by atoms with Crippen LogP contribution in [0, 0.1) is 12.8 Å². The fourth-order valence-corrected chi connectivity index (χ4v) is 2.62. The first-order valence-corrected chi connectivity index (χ1v) is 6.36. The van der Waals surface area contributed by atoms with E-state index in [0.717, 1.165) is 16.9 Å². The normalized spacial score (nSPS) is 22.8. The minimum Gasteiger partial charge on any atom is -0.481 e. The van der Waals surface area contributed by atoms with Gasteiger partial charge in [-0.25, -0.2) is 9.97 Å². The van der Waals surface area contributed by atoms with Gasteiger partial charge in [-0.05, 0) is 31.4 Å². The third kappa shape index (κ3) is 2.01. The van der Waals surface area contributed by atoms with Gasteiger partial charge in [0.15, 0.2) is 5.65 Å². The first-order valence-electron chi connectivity index (χ1n) is 6.36. The summed E-state index contributed by atoms with van der Waals surface area (Å²) in [6, 6.07) is 1.92. The quantitative estimate of drug-likeness (QED) is 0.810. The van der Waals surface area contributed by atoms with Gasteiger partial charge >= 0.3 is 5.97 Å². The fourth-order valence-electron chi connectivity index (χ4n) is 2.62. The summed E-state index contributed by atoms with van der Waals surface area (Å²) in [7, 11) is 0. The molecular weight excluding hydrogens is 242 g/mol. The van der Waals surface area contributed by atoms with E-state index in [2.05, 4.69) is 15.0 Å². The third-order valence-corrected chi connectivity index (χ3v) is 3.72. The van der Waals surface area contributed by atoms with Crippen LogP contribution in [0.2, 0.25) is 0 Å². The van der Waals surface area contributed by atoms with Crippen molar-refractivity contribution in [1.29, 1.82) is 0 Å². The number of nitrogens with one attached hydrogen (secondary N) is 1. The van der Waals surface area contributed by atoms with Crippen LogP contribution in [0.5, 0.6) is 0 Å². The van der Waals surface area contributed by atoms with Gasteiger partial charge in [0.1, 0.15) is 5.82 Å². The molecule has 0 aliphatic heterocycles. The van der Waals surface area contributed by atoms with Gasteiger partial charge in [-0.15, -0.1) is 0 Å². The molecule has 0 amide bonds. The summed E-state index contributed by atoms with van der Waals surface area (Å²) in [6.07, 6.45) is 6.94. The number of carboxylic acid groups (broad SMARTS) is 1. The second kappa shape index (κ2) is 4.50. The smallest absolute Gasteiger partial charge is 0.307 e. The molecule has 0 bridgehead atoms. The summed E-state index contributed by atoms with van der Waals surface area (Å²) < 4.78 is 0. The predicted octanol–water partition coefficient (Wildman–Crippen LogP) is 2.40. The second-order valence-electron chi connectivity index (χ2n) is 4.94. The van der Waals surface area contributed by atoms with Crippen LogP contribution in [-0.2, 0) is 4.79 Å². The van der Waals surface area contributed by atoms with E-state index in [9.17, 15) is 9.90 Å². The molecule has 5 nitrogen and oxygen atoms in total. The average molecular weight is 257 g/mol. The second-order valence-corrected chi connectivity index (χ2v) is 4.94. The number of aromatic nitrogens is 3. The van der Waals surface area contributed by atoms with E-state index in [0.29, 0.717) is 18.5 Å². The van der Waals surface area contributed by atoms with Crippen LogP contribution < -0.4 is 0 Å². The van der Waals surface area contributed by atoms with Gasteiger partial charge in [-0.1, -0.05) is 12.2 Å². The molecule has 1 aliphatic carbocycles. The number of imidazole rings is 1. The Morgan fingerprint density at radius 3 is 2.95 bits per heavy atom. The molecule has 19 heavy (non-hydrogen) atoms. The number of H-pyrrole nitrogens is 1. The van der Waals surface area contributed by atoms with Crippen molar-refractivity contribution in [2.45, 2.75) is 25.7 Å². The van der Waals surface area contributed by atoms with Gasteiger partial charge in [0.25, 0.3) is 0 Å². The monoisotopic (exact) mass is 257 g/mol. The lowest BCUT2D eigenvalue weighted by Crippen LogP contribution is -2.24. The van der Waals surface area contributed by atoms with Crippen molar-refractivity contribution in [3.8, 4) is 0 Å². The Hall–Kier alpha value is -2.17. The summed E-state index contributed by atoms with van der Waals surface area (Å²) in [5.74, 6) is -0.546. The first kappa shape index (κ1) is 11.9. The zero-order valence-corrected chi connectivity index (χ0v) is 10.6. The minimum atomic E-state index is -0.764. The van der Waals surface area contributed by atoms with E-state index < -0.39 is 11.9 Å². The highest BCUT2D eigenvalue weighted by atomic mass is 16.4. The lowest BCUT2D eigenvalue weighted by atomic mass is 9.82. The van der Waals surface area contributed by atoms with Crippen LogP contribution in [0.3, 0.4) is 0 Å². The van der Waals surface area contributed by atoms with Crippen LogP contribution in [-0.4, -0.2) is 26.0 Å². The number of aromatic amines is 1. The Kier molecular flexibility index (Phi) is 2.81.